The lowest BCUT2D eigenvalue weighted by Crippen LogP contribution is -2.70. The van der Waals surface area contributed by atoms with E-state index in [-0.39, 0.29) is 5.56 Å². The summed E-state index contributed by atoms with van der Waals surface area (Å²) in [6.45, 7) is 0. The minimum Gasteiger partial charge on any atom is -0.380 e. The van der Waals surface area contributed by atoms with Gasteiger partial charge in [0.25, 0.3) is 0 Å². The molecule has 198 valence electrons. The lowest BCUT2D eigenvalue weighted by atomic mass is 9.78. The van der Waals surface area contributed by atoms with Crippen LogP contribution in [0, 0.1) is 11.3 Å². The molecule has 2 aromatic rings. The van der Waals surface area contributed by atoms with Crippen LogP contribution < -0.4 is 0 Å². The first-order valence-corrected chi connectivity index (χ1v) is 9.34. The summed E-state index contributed by atoms with van der Waals surface area (Å²) in [4.78, 5) is 0. The molecule has 0 spiro atoms. The maximum absolute atomic E-state index is 14.6. The Morgan fingerprint density at radius 3 is 1.56 bits per heavy atom. The summed E-state index contributed by atoms with van der Waals surface area (Å²) in [5, 5.41) is 19.9. The molecule has 0 fully saturated rings. The van der Waals surface area contributed by atoms with Gasteiger partial charge in [0.05, 0.1) is 18.1 Å². The zero-order valence-electron chi connectivity index (χ0n) is 17.2. The topological polar surface area (TPSA) is 44.0 Å². The van der Waals surface area contributed by atoms with Crippen LogP contribution in [0.1, 0.15) is 23.1 Å². The Bertz CT molecular complexity index is 1120. The highest BCUT2D eigenvalue weighted by Crippen LogP contribution is 2.61. The minimum atomic E-state index is -8.04. The Morgan fingerprint density at radius 2 is 1.08 bits per heavy atom. The zero-order chi connectivity index (χ0) is 28.0. The van der Waals surface area contributed by atoms with Crippen molar-refractivity contribution in [1.82, 2.24) is 0 Å². The number of nitriles is 1. The average Bonchev–Trinajstić information content (AvgIpc) is 2.78. The molecule has 0 saturated carbocycles. The third-order valence-corrected chi connectivity index (χ3v) is 5.20. The highest BCUT2D eigenvalue weighted by molar-refractivity contribution is 5.42. The average molecular weight is 541 g/mol. The van der Waals surface area contributed by atoms with Crippen molar-refractivity contribution in [2.24, 2.45) is 0 Å². The second-order valence-corrected chi connectivity index (χ2v) is 7.60. The number of aliphatic hydroxyl groups is 1. The van der Waals surface area contributed by atoms with Crippen molar-refractivity contribution < 1.29 is 62.2 Å². The molecular formula is C21H12F13NO. The Hall–Kier alpha value is -3.02. The fourth-order valence-electron chi connectivity index (χ4n) is 3.17. The molecule has 2 nitrogen and oxygen atoms in total. The standard InChI is InChI=1S/C21H12F13NO/c22-16(23,17(24,25)18(26,27)19(28,29)20(30,31)21(32,33)34)11-15(36,13-6-2-1-3-7-13)14-8-4-5-12(9-14)10-35/h1-9,36H,11H2. The Kier molecular flexibility index (Phi) is 7.16. The van der Waals surface area contributed by atoms with Gasteiger partial charge in [-0.05, 0) is 23.3 Å². The van der Waals surface area contributed by atoms with Gasteiger partial charge in [0, 0.05) is 0 Å². The summed E-state index contributed by atoms with van der Waals surface area (Å²) in [7, 11) is 0. The molecule has 0 heterocycles. The van der Waals surface area contributed by atoms with Gasteiger partial charge >= 0.3 is 35.8 Å². The van der Waals surface area contributed by atoms with Crippen LogP contribution in [0.3, 0.4) is 0 Å². The SMILES string of the molecule is N#Cc1cccc(C(O)(CC(F)(F)C(F)(F)C(F)(F)C(F)(F)C(F)(F)C(F)(F)F)c2ccccc2)c1. The van der Waals surface area contributed by atoms with Gasteiger partial charge in [0.1, 0.15) is 5.60 Å². The highest BCUT2D eigenvalue weighted by Gasteiger charge is 2.90. The Morgan fingerprint density at radius 1 is 0.611 bits per heavy atom. The smallest absolute Gasteiger partial charge is 0.380 e. The normalized spacial score (nSPS) is 15.8. The molecule has 0 aliphatic heterocycles. The summed E-state index contributed by atoms with van der Waals surface area (Å²) in [5.74, 6) is -38.0. The molecule has 15 heteroatoms. The van der Waals surface area contributed by atoms with Gasteiger partial charge in [-0.15, -0.1) is 0 Å². The summed E-state index contributed by atoms with van der Waals surface area (Å²) in [6, 6.07) is 9.91. The van der Waals surface area contributed by atoms with E-state index in [2.05, 4.69) is 0 Å². The van der Waals surface area contributed by atoms with E-state index < -0.39 is 58.9 Å². The minimum absolute atomic E-state index is 0.362. The van der Waals surface area contributed by atoms with Crippen molar-refractivity contribution in [1.29, 1.82) is 5.26 Å². The van der Waals surface area contributed by atoms with Crippen LogP contribution in [0.15, 0.2) is 54.6 Å². The number of alkyl halides is 13. The van der Waals surface area contributed by atoms with Crippen molar-refractivity contribution >= 4 is 0 Å². The highest BCUT2D eigenvalue weighted by atomic mass is 19.4. The summed E-state index contributed by atoms with van der Waals surface area (Å²) in [6.07, 6.45) is -10.4. The van der Waals surface area contributed by atoms with Crippen molar-refractivity contribution in [2.45, 2.75) is 47.8 Å². The lowest BCUT2D eigenvalue weighted by molar-refractivity contribution is -0.441. The number of hydrogen-bond donors (Lipinski definition) is 1. The predicted octanol–water partition coefficient (Wildman–Crippen LogP) is 6.92. The molecule has 0 saturated heterocycles. The van der Waals surface area contributed by atoms with Gasteiger partial charge < -0.3 is 5.11 Å². The monoisotopic (exact) mass is 541 g/mol. The second kappa shape index (κ2) is 8.82. The molecular weight excluding hydrogens is 529 g/mol. The molecule has 0 aromatic heterocycles. The first kappa shape index (κ1) is 29.2. The maximum atomic E-state index is 14.6. The Balaban J connectivity index is 2.70. The fraction of sp³-hybridized carbons (Fsp3) is 0.381. The number of halogens is 13. The number of nitrogens with zero attached hydrogens (tertiary/aromatic N) is 1. The first-order chi connectivity index (χ1) is 16.1. The van der Waals surface area contributed by atoms with Crippen LogP contribution in [0.4, 0.5) is 57.1 Å². The molecule has 0 bridgehead atoms. The molecule has 2 aromatic carbocycles. The van der Waals surface area contributed by atoms with E-state index in [1.807, 2.05) is 0 Å². The summed E-state index contributed by atoms with van der Waals surface area (Å²) in [5.41, 5.74) is -5.33. The number of rotatable bonds is 8. The van der Waals surface area contributed by atoms with Gasteiger partial charge in [0.2, 0.25) is 0 Å². The van der Waals surface area contributed by atoms with Crippen LogP contribution in [-0.4, -0.2) is 40.9 Å². The van der Waals surface area contributed by atoms with Gasteiger partial charge in [-0.1, -0.05) is 42.5 Å². The number of benzene rings is 2. The van der Waals surface area contributed by atoms with Crippen LogP contribution in [0.2, 0.25) is 0 Å². The summed E-state index contributed by atoms with van der Waals surface area (Å²) < 4.78 is 176. The molecule has 1 N–H and O–H groups in total. The van der Waals surface area contributed by atoms with Crippen LogP contribution >= 0.6 is 0 Å². The van der Waals surface area contributed by atoms with E-state index in [1.165, 1.54) is 12.1 Å². The number of hydrogen-bond acceptors (Lipinski definition) is 2. The van der Waals surface area contributed by atoms with E-state index >= 15 is 0 Å². The van der Waals surface area contributed by atoms with Crippen LogP contribution in [0.5, 0.6) is 0 Å². The lowest BCUT2D eigenvalue weighted by Gasteiger charge is -2.42. The van der Waals surface area contributed by atoms with Crippen molar-refractivity contribution in [3.8, 4) is 6.07 Å². The van der Waals surface area contributed by atoms with Gasteiger partial charge in [-0.2, -0.15) is 62.3 Å². The molecule has 2 rings (SSSR count). The third kappa shape index (κ3) is 4.35. The molecule has 0 radical (unpaired) electrons. The van der Waals surface area contributed by atoms with Crippen LogP contribution in [0.25, 0.3) is 0 Å². The largest absolute Gasteiger partial charge is 0.460 e. The third-order valence-electron chi connectivity index (χ3n) is 5.20. The maximum Gasteiger partial charge on any atom is 0.460 e. The van der Waals surface area contributed by atoms with Crippen molar-refractivity contribution in [3.63, 3.8) is 0 Å². The predicted molar refractivity (Wildman–Crippen MR) is 96.0 cm³/mol. The van der Waals surface area contributed by atoms with E-state index in [1.54, 1.807) is 0 Å². The van der Waals surface area contributed by atoms with E-state index in [0.29, 0.717) is 6.07 Å². The van der Waals surface area contributed by atoms with Gasteiger partial charge in [-0.25, -0.2) is 0 Å². The zero-order valence-corrected chi connectivity index (χ0v) is 17.2. The molecule has 1 atom stereocenters. The van der Waals surface area contributed by atoms with Gasteiger partial charge in [-0.3, -0.25) is 0 Å². The fourth-order valence-corrected chi connectivity index (χ4v) is 3.17. The summed E-state index contributed by atoms with van der Waals surface area (Å²) >= 11 is 0. The van der Waals surface area contributed by atoms with Crippen molar-refractivity contribution in [3.05, 3.63) is 71.3 Å². The van der Waals surface area contributed by atoms with E-state index in [4.69, 9.17) is 5.26 Å². The Labute approximate surface area is 193 Å². The van der Waals surface area contributed by atoms with Crippen molar-refractivity contribution in [2.75, 3.05) is 0 Å². The van der Waals surface area contributed by atoms with E-state index in [0.717, 1.165) is 42.5 Å². The molecule has 0 aliphatic rings. The second-order valence-electron chi connectivity index (χ2n) is 7.60. The van der Waals surface area contributed by atoms with E-state index in [9.17, 15) is 62.2 Å². The van der Waals surface area contributed by atoms with Crippen LogP contribution in [-0.2, 0) is 5.60 Å². The molecule has 0 amide bonds. The quantitative estimate of drug-likeness (QED) is 0.369. The molecule has 36 heavy (non-hydrogen) atoms. The molecule has 0 aliphatic carbocycles. The van der Waals surface area contributed by atoms with Gasteiger partial charge in [0.15, 0.2) is 0 Å². The molecule has 1 unspecified atom stereocenters. The first-order valence-electron chi connectivity index (χ1n) is 9.34.